The molecule has 1 amide bonds. The van der Waals surface area contributed by atoms with Crippen molar-refractivity contribution in [2.75, 3.05) is 12.4 Å². The fourth-order valence-corrected chi connectivity index (χ4v) is 2.84. The molecule has 3 rings (SSSR count). The Labute approximate surface area is 128 Å². The SMILES string of the molecule is Cc1nn(C)c2c1nc(CCCl)n2CCNC(=O)C1CC1. The van der Waals surface area contributed by atoms with Gasteiger partial charge in [-0.1, -0.05) is 0 Å². The van der Waals surface area contributed by atoms with E-state index in [2.05, 4.69) is 20.0 Å². The van der Waals surface area contributed by atoms with Crippen molar-refractivity contribution in [3.63, 3.8) is 0 Å². The molecule has 0 saturated heterocycles. The van der Waals surface area contributed by atoms with Crippen molar-refractivity contribution in [1.29, 1.82) is 0 Å². The number of halogens is 1. The smallest absolute Gasteiger partial charge is 0.223 e. The van der Waals surface area contributed by atoms with Crippen LogP contribution in [0.5, 0.6) is 0 Å². The zero-order chi connectivity index (χ0) is 15.0. The lowest BCUT2D eigenvalue weighted by Crippen LogP contribution is -2.29. The van der Waals surface area contributed by atoms with Gasteiger partial charge in [0.15, 0.2) is 5.65 Å². The van der Waals surface area contributed by atoms with E-state index in [1.54, 1.807) is 0 Å². The molecule has 2 aromatic heterocycles. The van der Waals surface area contributed by atoms with E-state index in [4.69, 9.17) is 11.6 Å². The van der Waals surface area contributed by atoms with Gasteiger partial charge in [-0.15, -0.1) is 11.6 Å². The Hall–Kier alpha value is -1.56. The molecule has 2 heterocycles. The van der Waals surface area contributed by atoms with Crippen LogP contribution in [-0.2, 0) is 24.8 Å². The summed E-state index contributed by atoms with van der Waals surface area (Å²) >= 11 is 5.87. The number of imidazole rings is 1. The molecule has 2 aromatic rings. The van der Waals surface area contributed by atoms with Crippen LogP contribution in [0.25, 0.3) is 11.2 Å². The van der Waals surface area contributed by atoms with Gasteiger partial charge >= 0.3 is 0 Å². The summed E-state index contributed by atoms with van der Waals surface area (Å²) in [5.41, 5.74) is 2.84. The summed E-state index contributed by atoms with van der Waals surface area (Å²) in [5, 5.41) is 7.40. The fourth-order valence-electron chi connectivity index (χ4n) is 2.67. The Kier molecular flexibility index (Phi) is 3.89. The minimum Gasteiger partial charge on any atom is -0.354 e. The first kappa shape index (κ1) is 14.4. The number of hydrogen-bond acceptors (Lipinski definition) is 3. The predicted molar refractivity (Wildman–Crippen MR) is 81.4 cm³/mol. The first-order valence-electron chi connectivity index (χ1n) is 7.34. The second kappa shape index (κ2) is 5.67. The van der Waals surface area contributed by atoms with Crippen LogP contribution in [0.3, 0.4) is 0 Å². The third kappa shape index (κ3) is 2.77. The summed E-state index contributed by atoms with van der Waals surface area (Å²) in [6, 6.07) is 0. The van der Waals surface area contributed by atoms with Crippen molar-refractivity contribution in [3.8, 4) is 0 Å². The number of carbonyl (C=O) groups excluding carboxylic acids is 1. The van der Waals surface area contributed by atoms with Crippen molar-refractivity contribution >= 4 is 28.7 Å². The monoisotopic (exact) mass is 309 g/mol. The standard InChI is InChI=1S/C14H20ClN5O/c1-9-12-14(19(2)18-9)20(11(17-12)5-6-15)8-7-16-13(21)10-3-4-10/h10H,3-8H2,1-2H3,(H,16,21). The molecule has 0 aromatic carbocycles. The van der Waals surface area contributed by atoms with E-state index in [-0.39, 0.29) is 11.8 Å². The zero-order valence-electron chi connectivity index (χ0n) is 12.4. The number of hydrogen-bond donors (Lipinski definition) is 1. The molecule has 0 bridgehead atoms. The van der Waals surface area contributed by atoms with Crippen molar-refractivity contribution in [2.24, 2.45) is 13.0 Å². The molecule has 1 aliphatic rings. The van der Waals surface area contributed by atoms with Crippen molar-refractivity contribution < 1.29 is 4.79 Å². The second-order valence-corrected chi connectivity index (χ2v) is 5.94. The van der Waals surface area contributed by atoms with E-state index >= 15 is 0 Å². The fraction of sp³-hybridized carbons (Fsp3) is 0.643. The molecular weight excluding hydrogens is 290 g/mol. The van der Waals surface area contributed by atoms with Gasteiger partial charge in [0.2, 0.25) is 5.91 Å². The van der Waals surface area contributed by atoms with Gasteiger partial charge in [-0.25, -0.2) is 4.98 Å². The molecule has 21 heavy (non-hydrogen) atoms. The van der Waals surface area contributed by atoms with Crippen LogP contribution in [0.1, 0.15) is 24.4 Å². The Balaban J connectivity index is 1.80. The average molecular weight is 310 g/mol. The number of aromatic nitrogens is 4. The number of alkyl halides is 1. The first-order chi connectivity index (χ1) is 10.1. The second-order valence-electron chi connectivity index (χ2n) is 5.57. The summed E-state index contributed by atoms with van der Waals surface area (Å²) in [4.78, 5) is 16.4. The number of fused-ring (bicyclic) bond motifs is 1. The summed E-state index contributed by atoms with van der Waals surface area (Å²) in [6.45, 7) is 3.26. The number of rotatable bonds is 6. The molecule has 6 nitrogen and oxygen atoms in total. The molecule has 1 N–H and O–H groups in total. The highest BCUT2D eigenvalue weighted by molar-refractivity contribution is 6.17. The third-order valence-corrected chi connectivity index (χ3v) is 4.06. The van der Waals surface area contributed by atoms with Crippen LogP contribution in [0.15, 0.2) is 0 Å². The maximum absolute atomic E-state index is 11.7. The van der Waals surface area contributed by atoms with Gasteiger partial charge in [0.1, 0.15) is 11.3 Å². The molecule has 0 spiro atoms. The van der Waals surface area contributed by atoms with Crippen molar-refractivity contribution in [3.05, 3.63) is 11.5 Å². The van der Waals surface area contributed by atoms with E-state index in [0.717, 1.165) is 35.5 Å². The van der Waals surface area contributed by atoms with Crippen molar-refractivity contribution in [1.82, 2.24) is 24.6 Å². The van der Waals surface area contributed by atoms with Gasteiger partial charge in [0, 0.05) is 38.4 Å². The van der Waals surface area contributed by atoms with Crippen LogP contribution < -0.4 is 5.32 Å². The number of nitrogens with zero attached hydrogens (tertiary/aromatic N) is 4. The Bertz CT molecular complexity index is 670. The van der Waals surface area contributed by atoms with Gasteiger partial charge < -0.3 is 9.88 Å². The molecule has 1 aliphatic carbocycles. The number of carbonyl (C=O) groups is 1. The third-order valence-electron chi connectivity index (χ3n) is 3.87. The molecule has 7 heteroatoms. The summed E-state index contributed by atoms with van der Waals surface area (Å²) < 4.78 is 3.96. The normalized spacial score (nSPS) is 14.8. The topological polar surface area (TPSA) is 64.7 Å². The molecule has 1 fully saturated rings. The van der Waals surface area contributed by atoms with Crippen LogP contribution in [-0.4, -0.2) is 37.7 Å². The average Bonchev–Trinajstić information content (AvgIpc) is 3.18. The Morgan fingerprint density at radius 3 is 2.90 bits per heavy atom. The molecule has 0 atom stereocenters. The summed E-state index contributed by atoms with van der Waals surface area (Å²) in [7, 11) is 1.92. The molecule has 0 radical (unpaired) electrons. The minimum atomic E-state index is 0.173. The maximum atomic E-state index is 11.7. The van der Waals surface area contributed by atoms with E-state index in [1.165, 1.54) is 0 Å². The molecule has 1 saturated carbocycles. The highest BCUT2D eigenvalue weighted by atomic mass is 35.5. The molecular formula is C14H20ClN5O. The quantitative estimate of drug-likeness (QED) is 0.820. The maximum Gasteiger partial charge on any atom is 0.223 e. The van der Waals surface area contributed by atoms with Gasteiger partial charge in [-0.3, -0.25) is 9.48 Å². The van der Waals surface area contributed by atoms with Crippen LogP contribution in [0, 0.1) is 12.8 Å². The summed E-state index contributed by atoms with van der Waals surface area (Å²) in [5.74, 6) is 1.90. The number of aryl methyl sites for hydroxylation is 3. The van der Waals surface area contributed by atoms with Crippen LogP contribution in [0.4, 0.5) is 0 Å². The molecule has 0 aliphatic heterocycles. The van der Waals surface area contributed by atoms with E-state index < -0.39 is 0 Å². The lowest BCUT2D eigenvalue weighted by molar-refractivity contribution is -0.122. The predicted octanol–water partition coefficient (Wildman–Crippen LogP) is 1.39. The lowest BCUT2D eigenvalue weighted by Gasteiger charge is -2.10. The first-order valence-corrected chi connectivity index (χ1v) is 7.87. The Morgan fingerprint density at radius 1 is 1.48 bits per heavy atom. The van der Waals surface area contributed by atoms with Gasteiger partial charge in [0.05, 0.1) is 5.69 Å². The van der Waals surface area contributed by atoms with E-state index in [1.807, 2.05) is 18.7 Å². The molecule has 114 valence electrons. The van der Waals surface area contributed by atoms with Crippen LogP contribution >= 0.6 is 11.6 Å². The van der Waals surface area contributed by atoms with Crippen LogP contribution in [0.2, 0.25) is 0 Å². The van der Waals surface area contributed by atoms with E-state index in [9.17, 15) is 4.79 Å². The van der Waals surface area contributed by atoms with Gasteiger partial charge in [-0.2, -0.15) is 5.10 Å². The van der Waals surface area contributed by atoms with Gasteiger partial charge in [0.25, 0.3) is 0 Å². The highest BCUT2D eigenvalue weighted by Crippen LogP contribution is 2.28. The zero-order valence-corrected chi connectivity index (χ0v) is 13.2. The van der Waals surface area contributed by atoms with Gasteiger partial charge in [-0.05, 0) is 19.8 Å². The lowest BCUT2D eigenvalue weighted by atomic mass is 10.4. The molecule has 0 unspecified atom stereocenters. The summed E-state index contributed by atoms with van der Waals surface area (Å²) in [6.07, 6.45) is 2.77. The Morgan fingerprint density at radius 2 is 2.24 bits per heavy atom. The van der Waals surface area contributed by atoms with E-state index in [0.29, 0.717) is 25.4 Å². The number of amides is 1. The van der Waals surface area contributed by atoms with Crippen molar-refractivity contribution in [2.45, 2.75) is 32.7 Å². The minimum absolute atomic E-state index is 0.173. The largest absolute Gasteiger partial charge is 0.354 e. The highest BCUT2D eigenvalue weighted by Gasteiger charge is 2.29. The number of nitrogens with one attached hydrogen (secondary N) is 1.